The van der Waals surface area contributed by atoms with Crippen molar-refractivity contribution in [1.29, 1.82) is 0 Å². The molecular weight excluding hydrogens is 259 g/mol. The normalized spacial score (nSPS) is 27.2. The maximum absolute atomic E-state index is 13.7. The average molecular weight is 273 g/mol. The molecule has 4 heteroatoms. The molecule has 0 aliphatic carbocycles. The highest BCUT2D eigenvalue weighted by atomic mass is 79.9. The lowest BCUT2D eigenvalue weighted by atomic mass is 10.0. The first-order valence-corrected chi connectivity index (χ1v) is 5.79. The minimum atomic E-state index is -0.174. The van der Waals surface area contributed by atoms with Gasteiger partial charge < -0.3 is 5.73 Å². The van der Waals surface area contributed by atoms with Gasteiger partial charge in [0.25, 0.3) is 0 Å². The molecule has 2 rings (SSSR count). The van der Waals surface area contributed by atoms with Crippen LogP contribution in [0.5, 0.6) is 0 Å². The van der Waals surface area contributed by atoms with Crippen molar-refractivity contribution in [3.05, 3.63) is 34.1 Å². The second-order valence-corrected chi connectivity index (χ2v) is 4.96. The van der Waals surface area contributed by atoms with Gasteiger partial charge in [0.05, 0.1) is 6.04 Å². The van der Waals surface area contributed by atoms with E-state index >= 15 is 0 Å². The highest BCUT2D eigenvalue weighted by Crippen LogP contribution is 2.32. The Morgan fingerprint density at radius 2 is 2.27 bits per heavy atom. The Morgan fingerprint density at radius 3 is 2.87 bits per heavy atom. The molecule has 2 atom stereocenters. The molecule has 2 nitrogen and oxygen atoms in total. The number of halogens is 2. The van der Waals surface area contributed by atoms with E-state index in [4.69, 9.17) is 5.73 Å². The molecule has 0 spiro atoms. The van der Waals surface area contributed by atoms with Crippen LogP contribution in [-0.4, -0.2) is 24.5 Å². The van der Waals surface area contributed by atoms with Crippen LogP contribution in [0.4, 0.5) is 4.39 Å². The molecule has 0 bridgehead atoms. The topological polar surface area (TPSA) is 29.3 Å². The number of nitrogens with two attached hydrogens (primary N) is 1. The van der Waals surface area contributed by atoms with E-state index < -0.39 is 0 Å². The summed E-state index contributed by atoms with van der Waals surface area (Å²) in [5.74, 6) is -0.174. The van der Waals surface area contributed by atoms with Gasteiger partial charge in [0.2, 0.25) is 0 Å². The third kappa shape index (κ3) is 2.07. The Bertz CT molecular complexity index is 360. The average Bonchev–Trinajstić information content (AvgIpc) is 2.51. The molecule has 1 saturated heterocycles. The molecular formula is C11H14BrFN2. The lowest BCUT2D eigenvalue weighted by Gasteiger charge is -2.23. The van der Waals surface area contributed by atoms with Crippen LogP contribution in [-0.2, 0) is 0 Å². The van der Waals surface area contributed by atoms with Crippen molar-refractivity contribution in [3.8, 4) is 0 Å². The van der Waals surface area contributed by atoms with E-state index in [9.17, 15) is 4.39 Å². The molecule has 0 radical (unpaired) electrons. The molecule has 1 aliphatic rings. The van der Waals surface area contributed by atoms with Crippen LogP contribution in [0.15, 0.2) is 22.7 Å². The van der Waals surface area contributed by atoms with Gasteiger partial charge in [0, 0.05) is 22.6 Å². The molecule has 15 heavy (non-hydrogen) atoms. The van der Waals surface area contributed by atoms with Crippen LogP contribution in [0.2, 0.25) is 0 Å². The molecule has 2 unspecified atom stereocenters. The summed E-state index contributed by atoms with van der Waals surface area (Å²) < 4.78 is 14.6. The molecule has 0 saturated carbocycles. The van der Waals surface area contributed by atoms with E-state index in [1.165, 1.54) is 6.07 Å². The van der Waals surface area contributed by atoms with Gasteiger partial charge in [-0.1, -0.05) is 15.9 Å². The van der Waals surface area contributed by atoms with Crippen LogP contribution in [0.3, 0.4) is 0 Å². The first-order chi connectivity index (χ1) is 7.09. The van der Waals surface area contributed by atoms with Crippen LogP contribution in [0, 0.1) is 5.82 Å². The Labute approximate surface area is 97.4 Å². The summed E-state index contributed by atoms with van der Waals surface area (Å²) >= 11 is 3.36. The van der Waals surface area contributed by atoms with Gasteiger partial charge >= 0.3 is 0 Å². The van der Waals surface area contributed by atoms with Crippen molar-refractivity contribution in [2.45, 2.75) is 18.5 Å². The van der Waals surface area contributed by atoms with E-state index in [2.05, 4.69) is 20.8 Å². The van der Waals surface area contributed by atoms with Crippen LogP contribution in [0.1, 0.15) is 18.0 Å². The smallest absolute Gasteiger partial charge is 0.128 e. The lowest BCUT2D eigenvalue weighted by molar-refractivity contribution is 0.296. The quantitative estimate of drug-likeness (QED) is 0.850. The van der Waals surface area contributed by atoms with Crippen LogP contribution < -0.4 is 5.73 Å². The van der Waals surface area contributed by atoms with E-state index in [0.717, 1.165) is 17.4 Å². The summed E-state index contributed by atoms with van der Waals surface area (Å²) in [6.07, 6.45) is 0.924. The Hall–Kier alpha value is -0.450. The summed E-state index contributed by atoms with van der Waals surface area (Å²) in [6, 6.07) is 5.04. The molecule has 1 aromatic rings. The Balaban J connectivity index is 2.39. The van der Waals surface area contributed by atoms with Gasteiger partial charge in [-0.2, -0.15) is 0 Å². The third-order valence-electron chi connectivity index (χ3n) is 2.97. The van der Waals surface area contributed by atoms with E-state index in [0.29, 0.717) is 5.56 Å². The monoisotopic (exact) mass is 272 g/mol. The standard InChI is InChI=1S/C11H14BrFN2/c1-15-5-4-10(14)11(15)8-6-7(12)2-3-9(8)13/h2-3,6,10-11H,4-5,14H2,1H3. The van der Waals surface area contributed by atoms with Gasteiger partial charge in [-0.25, -0.2) is 4.39 Å². The van der Waals surface area contributed by atoms with Crippen LogP contribution >= 0.6 is 15.9 Å². The third-order valence-corrected chi connectivity index (χ3v) is 3.47. The second kappa shape index (κ2) is 4.20. The van der Waals surface area contributed by atoms with Crippen molar-refractivity contribution in [2.75, 3.05) is 13.6 Å². The molecule has 0 aromatic heterocycles. The zero-order valence-electron chi connectivity index (χ0n) is 8.58. The van der Waals surface area contributed by atoms with Crippen LogP contribution in [0.25, 0.3) is 0 Å². The minimum absolute atomic E-state index is 0.00231. The fraction of sp³-hybridized carbons (Fsp3) is 0.455. The van der Waals surface area contributed by atoms with Crippen molar-refractivity contribution >= 4 is 15.9 Å². The summed E-state index contributed by atoms with van der Waals surface area (Å²) in [7, 11) is 1.98. The Kier molecular flexibility index (Phi) is 3.09. The summed E-state index contributed by atoms with van der Waals surface area (Å²) in [5, 5.41) is 0. The molecule has 0 amide bonds. The maximum atomic E-state index is 13.7. The van der Waals surface area contributed by atoms with Gasteiger partial charge in [0.1, 0.15) is 5.82 Å². The summed E-state index contributed by atoms with van der Waals surface area (Å²) in [6.45, 7) is 0.928. The first-order valence-electron chi connectivity index (χ1n) is 5.00. The lowest BCUT2D eigenvalue weighted by Crippen LogP contribution is -2.30. The zero-order chi connectivity index (χ0) is 11.0. The Morgan fingerprint density at radius 1 is 1.53 bits per heavy atom. The SMILES string of the molecule is CN1CCC(N)C1c1cc(Br)ccc1F. The molecule has 1 fully saturated rings. The van der Waals surface area contributed by atoms with E-state index in [-0.39, 0.29) is 17.9 Å². The van der Waals surface area contributed by atoms with Crippen molar-refractivity contribution in [1.82, 2.24) is 4.90 Å². The number of benzene rings is 1. The highest BCUT2D eigenvalue weighted by Gasteiger charge is 2.32. The van der Waals surface area contributed by atoms with Gasteiger partial charge in [-0.3, -0.25) is 4.90 Å². The largest absolute Gasteiger partial charge is 0.326 e. The van der Waals surface area contributed by atoms with Gasteiger partial charge in [-0.05, 0) is 31.7 Å². The maximum Gasteiger partial charge on any atom is 0.128 e. The molecule has 82 valence electrons. The fourth-order valence-corrected chi connectivity index (χ4v) is 2.56. The van der Waals surface area contributed by atoms with Crippen molar-refractivity contribution in [2.24, 2.45) is 5.73 Å². The number of hydrogen-bond acceptors (Lipinski definition) is 2. The summed E-state index contributed by atoms with van der Waals surface area (Å²) in [5.41, 5.74) is 6.69. The molecule has 1 aromatic carbocycles. The molecule has 2 N–H and O–H groups in total. The van der Waals surface area contributed by atoms with Gasteiger partial charge in [-0.15, -0.1) is 0 Å². The van der Waals surface area contributed by atoms with E-state index in [1.54, 1.807) is 6.07 Å². The van der Waals surface area contributed by atoms with Crippen molar-refractivity contribution in [3.63, 3.8) is 0 Å². The highest BCUT2D eigenvalue weighted by molar-refractivity contribution is 9.10. The van der Waals surface area contributed by atoms with Crippen molar-refractivity contribution < 1.29 is 4.39 Å². The van der Waals surface area contributed by atoms with E-state index in [1.807, 2.05) is 13.1 Å². The second-order valence-electron chi connectivity index (χ2n) is 4.04. The number of hydrogen-bond donors (Lipinski definition) is 1. The molecule has 1 aliphatic heterocycles. The number of likely N-dealkylation sites (tertiary alicyclic amines) is 1. The molecule has 1 heterocycles. The number of rotatable bonds is 1. The zero-order valence-corrected chi connectivity index (χ0v) is 10.2. The fourth-order valence-electron chi connectivity index (χ4n) is 2.19. The van der Waals surface area contributed by atoms with Gasteiger partial charge in [0.15, 0.2) is 0 Å². The predicted octanol–water partition coefficient (Wildman–Crippen LogP) is 2.29. The minimum Gasteiger partial charge on any atom is -0.326 e. The summed E-state index contributed by atoms with van der Waals surface area (Å²) in [4.78, 5) is 2.11. The number of likely N-dealkylation sites (N-methyl/N-ethyl adjacent to an activating group) is 1. The predicted molar refractivity (Wildman–Crippen MR) is 62.1 cm³/mol. The number of nitrogens with zero attached hydrogens (tertiary/aromatic N) is 1. The first kappa shape index (κ1) is 11.0.